The van der Waals surface area contributed by atoms with E-state index in [1.54, 1.807) is 0 Å². The van der Waals surface area contributed by atoms with Gasteiger partial charge in [-0.15, -0.1) is 0 Å². The minimum atomic E-state index is -1.48. The molecule has 1 atom stereocenters. The van der Waals surface area contributed by atoms with Gasteiger partial charge in [0.25, 0.3) is 11.8 Å². The van der Waals surface area contributed by atoms with Gasteiger partial charge in [-0.25, -0.2) is 0 Å². The third kappa shape index (κ3) is 7.64. The van der Waals surface area contributed by atoms with Crippen LogP contribution in [0.3, 0.4) is 0 Å². The smallest absolute Gasteiger partial charge is 0.258 e. The van der Waals surface area contributed by atoms with Crippen molar-refractivity contribution in [2.24, 2.45) is 21.7 Å². The molecule has 41 heavy (non-hydrogen) atoms. The molecule has 0 aromatic heterocycles. The summed E-state index contributed by atoms with van der Waals surface area (Å²) in [6.07, 6.45) is 0. The fourth-order valence-electron chi connectivity index (χ4n) is 3.47. The summed E-state index contributed by atoms with van der Waals surface area (Å²) >= 11 is 6.09. The first-order chi connectivity index (χ1) is 19.4. The van der Waals surface area contributed by atoms with E-state index >= 15 is 0 Å². The van der Waals surface area contributed by atoms with Crippen molar-refractivity contribution in [1.29, 1.82) is 0 Å². The number of nitrogens with zero attached hydrogens (tertiary/aromatic N) is 2. The first-order valence-electron chi connectivity index (χ1n) is 11.7. The van der Waals surface area contributed by atoms with E-state index in [-0.39, 0.29) is 50.3 Å². The lowest BCUT2D eigenvalue weighted by Gasteiger charge is -2.14. The first-order valence-corrected chi connectivity index (χ1v) is 12.1. The number of rotatable bonds is 11. The van der Waals surface area contributed by atoms with Gasteiger partial charge in [0.1, 0.15) is 11.5 Å². The summed E-state index contributed by atoms with van der Waals surface area (Å²) in [4.78, 5) is 60.8. The number of carbonyl (C=O) groups excluding carboxylic acids is 5. The molecule has 0 fully saturated rings. The molecule has 13 nitrogen and oxygen atoms in total. The Kier molecular flexibility index (Phi) is 9.72. The minimum Gasteiger partial charge on any atom is -0.495 e. The van der Waals surface area contributed by atoms with E-state index < -0.39 is 35.5 Å². The lowest BCUT2D eigenvalue weighted by molar-refractivity contribution is -0.126. The maximum absolute atomic E-state index is 12.9. The summed E-state index contributed by atoms with van der Waals surface area (Å²) in [6.45, 7) is 1.19. The molecule has 0 radical (unpaired) electrons. The van der Waals surface area contributed by atoms with Gasteiger partial charge in [-0.05, 0) is 49.4 Å². The van der Waals surface area contributed by atoms with Crippen molar-refractivity contribution in [3.63, 3.8) is 0 Å². The van der Waals surface area contributed by atoms with Gasteiger partial charge in [-0.1, -0.05) is 11.6 Å². The fourth-order valence-corrected chi connectivity index (χ4v) is 3.70. The summed E-state index contributed by atoms with van der Waals surface area (Å²) in [5.41, 5.74) is 11.3. The van der Waals surface area contributed by atoms with Gasteiger partial charge in [0, 0.05) is 34.5 Å². The predicted molar refractivity (Wildman–Crippen MR) is 150 cm³/mol. The molecule has 14 heteroatoms. The lowest BCUT2D eigenvalue weighted by atomic mass is 10.1. The number of halogens is 1. The highest BCUT2D eigenvalue weighted by atomic mass is 35.5. The van der Waals surface area contributed by atoms with Gasteiger partial charge in [-0.3, -0.25) is 24.0 Å². The summed E-state index contributed by atoms with van der Waals surface area (Å²) in [5.74, 6) is -3.00. The summed E-state index contributed by atoms with van der Waals surface area (Å²) in [6, 6.07) is 11.0. The van der Waals surface area contributed by atoms with Crippen molar-refractivity contribution in [1.82, 2.24) is 0 Å². The van der Waals surface area contributed by atoms with Crippen molar-refractivity contribution in [3.8, 4) is 11.5 Å². The van der Waals surface area contributed by atoms with Crippen LogP contribution in [-0.2, 0) is 9.59 Å². The normalized spacial score (nSPS) is 11.4. The van der Waals surface area contributed by atoms with Gasteiger partial charge in [0.05, 0.1) is 30.6 Å². The molecule has 3 aromatic carbocycles. The number of benzene rings is 3. The number of hydrogen-bond acceptors (Lipinski definition) is 9. The standard InChI is InChI=1S/C27H25ClN6O7/c1-13(35)23(27(39)32-20-12-21(40-2)19(28)11-22(20)41-3)34-33-17-6-4-14(5-7-17)26(38)31-18-9-15(24(29)36)8-16(10-18)25(30)37/h4-12,23H,1-3H3,(H2,29,36)(H2,30,37)(H,31,38)(H,32,39). The molecule has 0 aliphatic heterocycles. The SMILES string of the molecule is COc1cc(NC(=O)C(N=Nc2ccc(C(=O)Nc3cc(C(N)=O)cc(C(N)=O)c3)cc2)C(C)=O)c(OC)cc1Cl. The van der Waals surface area contributed by atoms with Crippen LogP contribution in [0.1, 0.15) is 38.0 Å². The van der Waals surface area contributed by atoms with Gasteiger partial charge < -0.3 is 31.6 Å². The number of amides is 4. The largest absolute Gasteiger partial charge is 0.495 e. The van der Waals surface area contributed by atoms with Crippen LogP contribution in [0.25, 0.3) is 0 Å². The Hall–Kier alpha value is -5.30. The lowest BCUT2D eigenvalue weighted by Crippen LogP contribution is -2.32. The van der Waals surface area contributed by atoms with Crippen LogP contribution >= 0.6 is 11.6 Å². The number of hydrogen-bond donors (Lipinski definition) is 4. The second-order valence-electron chi connectivity index (χ2n) is 8.43. The van der Waals surface area contributed by atoms with E-state index in [9.17, 15) is 24.0 Å². The first kappa shape index (κ1) is 30.2. The van der Waals surface area contributed by atoms with Crippen molar-refractivity contribution in [2.45, 2.75) is 13.0 Å². The van der Waals surface area contributed by atoms with E-state index in [0.717, 1.165) is 0 Å². The molecular formula is C27H25ClN6O7. The Labute approximate surface area is 238 Å². The number of nitrogens with one attached hydrogen (secondary N) is 2. The highest BCUT2D eigenvalue weighted by Gasteiger charge is 2.25. The Bertz CT molecular complexity index is 1520. The zero-order valence-corrected chi connectivity index (χ0v) is 22.8. The third-order valence-corrected chi connectivity index (χ3v) is 5.84. The number of carbonyl (C=O) groups is 5. The molecule has 0 saturated carbocycles. The van der Waals surface area contributed by atoms with Crippen LogP contribution in [0.15, 0.2) is 64.8 Å². The number of anilines is 2. The highest BCUT2D eigenvalue weighted by Crippen LogP contribution is 2.36. The number of ketones is 1. The highest BCUT2D eigenvalue weighted by molar-refractivity contribution is 6.32. The minimum absolute atomic E-state index is 0.00920. The molecule has 0 spiro atoms. The van der Waals surface area contributed by atoms with E-state index in [1.165, 1.54) is 75.7 Å². The second-order valence-corrected chi connectivity index (χ2v) is 8.84. The number of ether oxygens (including phenoxy) is 2. The average molecular weight is 581 g/mol. The fraction of sp³-hybridized carbons (Fsp3) is 0.148. The molecule has 3 aromatic rings. The molecule has 4 amide bonds. The zero-order valence-electron chi connectivity index (χ0n) is 22.1. The molecule has 0 bridgehead atoms. The molecule has 0 heterocycles. The Morgan fingerprint density at radius 2 is 1.39 bits per heavy atom. The van der Waals surface area contributed by atoms with Crippen LogP contribution in [-0.4, -0.2) is 49.7 Å². The number of methoxy groups -OCH3 is 2. The van der Waals surface area contributed by atoms with Gasteiger partial charge in [0.15, 0.2) is 5.78 Å². The Balaban J connectivity index is 1.75. The molecular weight excluding hydrogens is 556 g/mol. The zero-order chi connectivity index (χ0) is 30.3. The summed E-state index contributed by atoms with van der Waals surface area (Å²) < 4.78 is 10.4. The summed E-state index contributed by atoms with van der Waals surface area (Å²) in [7, 11) is 2.79. The molecule has 0 aliphatic carbocycles. The molecule has 1 unspecified atom stereocenters. The van der Waals surface area contributed by atoms with Crippen LogP contribution in [0.4, 0.5) is 17.1 Å². The maximum atomic E-state index is 12.9. The number of primary amides is 2. The van der Waals surface area contributed by atoms with Crippen molar-refractivity contribution < 1.29 is 33.4 Å². The molecule has 0 aliphatic rings. The molecule has 6 N–H and O–H groups in total. The molecule has 0 saturated heterocycles. The summed E-state index contributed by atoms with van der Waals surface area (Å²) in [5, 5.41) is 13.2. The molecule has 3 rings (SSSR count). The van der Waals surface area contributed by atoms with Crippen molar-refractivity contribution in [3.05, 3.63) is 76.3 Å². The average Bonchev–Trinajstić information content (AvgIpc) is 2.93. The van der Waals surface area contributed by atoms with Crippen LogP contribution in [0, 0.1) is 0 Å². The maximum Gasteiger partial charge on any atom is 0.258 e. The van der Waals surface area contributed by atoms with Gasteiger partial charge >= 0.3 is 0 Å². The topological polar surface area (TPSA) is 205 Å². The Morgan fingerprint density at radius 1 is 0.805 bits per heavy atom. The van der Waals surface area contributed by atoms with Crippen LogP contribution in [0.2, 0.25) is 5.02 Å². The predicted octanol–water partition coefficient (Wildman–Crippen LogP) is 3.49. The molecule has 212 valence electrons. The third-order valence-electron chi connectivity index (χ3n) is 5.54. The Morgan fingerprint density at radius 3 is 1.90 bits per heavy atom. The van der Waals surface area contributed by atoms with Crippen molar-refractivity contribution >= 4 is 58.1 Å². The number of nitrogens with two attached hydrogens (primary N) is 2. The van der Waals surface area contributed by atoms with E-state index in [4.69, 9.17) is 32.5 Å². The number of azo groups is 1. The van der Waals surface area contributed by atoms with Crippen molar-refractivity contribution in [2.75, 3.05) is 24.9 Å². The van der Waals surface area contributed by atoms with E-state index in [1.807, 2.05) is 0 Å². The quantitative estimate of drug-likeness (QED) is 0.196. The van der Waals surface area contributed by atoms with Crippen LogP contribution < -0.4 is 31.6 Å². The monoisotopic (exact) mass is 580 g/mol. The van der Waals surface area contributed by atoms with Gasteiger partial charge in [-0.2, -0.15) is 10.2 Å². The van der Waals surface area contributed by atoms with Gasteiger partial charge in [0.2, 0.25) is 17.9 Å². The van der Waals surface area contributed by atoms with E-state index in [0.29, 0.717) is 0 Å². The number of Topliss-reactive ketones (excluding diaryl/α,β-unsaturated/α-hetero) is 1. The second kappa shape index (κ2) is 13.2. The van der Waals surface area contributed by atoms with E-state index in [2.05, 4.69) is 20.9 Å². The van der Waals surface area contributed by atoms with Crippen LogP contribution in [0.5, 0.6) is 11.5 Å².